The molecule has 1 fully saturated rings. The number of hydrogen-bond donors (Lipinski definition) is 0. The molecule has 2 atom stereocenters. The molecule has 2 nitrogen and oxygen atoms in total. The Hall–Kier alpha value is -1.02. The van der Waals surface area contributed by atoms with E-state index in [1.807, 2.05) is 0 Å². The van der Waals surface area contributed by atoms with Crippen molar-refractivity contribution in [2.45, 2.75) is 31.6 Å². The fourth-order valence-corrected chi connectivity index (χ4v) is 3.89. The Kier molecular flexibility index (Phi) is 2.86. The lowest BCUT2D eigenvalue weighted by atomic mass is 9.66. The van der Waals surface area contributed by atoms with Gasteiger partial charge in [0, 0.05) is 6.54 Å². The minimum absolute atomic E-state index is 0.345. The van der Waals surface area contributed by atoms with E-state index in [0.717, 1.165) is 11.7 Å². The summed E-state index contributed by atoms with van der Waals surface area (Å²) in [5.74, 6) is 1.83. The van der Waals surface area contributed by atoms with Gasteiger partial charge in [0.1, 0.15) is 5.75 Å². The summed E-state index contributed by atoms with van der Waals surface area (Å²) in [5, 5.41) is 0. The van der Waals surface area contributed by atoms with Crippen molar-refractivity contribution in [1.29, 1.82) is 0 Å². The average molecular weight is 245 g/mol. The third-order valence-electron chi connectivity index (χ3n) is 4.83. The van der Waals surface area contributed by atoms with Gasteiger partial charge in [0.25, 0.3) is 0 Å². The molecule has 1 aromatic rings. The van der Waals surface area contributed by atoms with Crippen LogP contribution in [0, 0.1) is 5.92 Å². The second-order valence-corrected chi connectivity index (χ2v) is 6.37. The van der Waals surface area contributed by atoms with Gasteiger partial charge in [-0.15, -0.1) is 0 Å². The van der Waals surface area contributed by atoms with Crippen LogP contribution < -0.4 is 4.74 Å². The highest BCUT2D eigenvalue weighted by atomic mass is 16.5. The highest BCUT2D eigenvalue weighted by Gasteiger charge is 2.39. The Morgan fingerprint density at radius 2 is 2.22 bits per heavy atom. The highest BCUT2D eigenvalue weighted by Crippen LogP contribution is 2.45. The summed E-state index contributed by atoms with van der Waals surface area (Å²) in [7, 11) is 4.02. The smallest absolute Gasteiger partial charge is 0.119 e. The Bertz CT molecular complexity index is 456. The van der Waals surface area contributed by atoms with E-state index in [4.69, 9.17) is 4.74 Å². The summed E-state index contributed by atoms with van der Waals surface area (Å²) in [6, 6.07) is 6.67. The summed E-state index contributed by atoms with van der Waals surface area (Å²) in [6.07, 6.45) is 3.83. The summed E-state index contributed by atoms with van der Waals surface area (Å²) >= 11 is 0. The molecule has 3 rings (SSSR count). The van der Waals surface area contributed by atoms with Gasteiger partial charge in [0.2, 0.25) is 0 Å². The van der Waals surface area contributed by atoms with E-state index in [0.29, 0.717) is 5.41 Å². The van der Waals surface area contributed by atoms with Crippen LogP contribution in [-0.4, -0.2) is 32.1 Å². The first-order valence-corrected chi connectivity index (χ1v) is 6.97. The molecule has 1 aromatic carbocycles. The lowest BCUT2D eigenvalue weighted by molar-refractivity contribution is 0.288. The van der Waals surface area contributed by atoms with Crippen LogP contribution >= 0.6 is 0 Å². The largest absolute Gasteiger partial charge is 0.497 e. The number of nitrogens with zero attached hydrogens (tertiary/aromatic N) is 1. The number of benzene rings is 1. The van der Waals surface area contributed by atoms with Crippen molar-refractivity contribution in [2.24, 2.45) is 5.92 Å². The maximum atomic E-state index is 5.40. The van der Waals surface area contributed by atoms with Gasteiger partial charge in [-0.05, 0) is 67.4 Å². The summed E-state index contributed by atoms with van der Waals surface area (Å²) < 4.78 is 5.40. The van der Waals surface area contributed by atoms with Crippen molar-refractivity contribution in [3.05, 3.63) is 29.3 Å². The van der Waals surface area contributed by atoms with Gasteiger partial charge < -0.3 is 9.64 Å². The normalized spacial score (nSPS) is 31.6. The molecule has 0 N–H and O–H groups in total. The van der Waals surface area contributed by atoms with Gasteiger partial charge in [-0.1, -0.05) is 13.0 Å². The average Bonchev–Trinajstić information content (AvgIpc) is 2.47. The van der Waals surface area contributed by atoms with E-state index >= 15 is 0 Å². The molecular weight excluding hydrogens is 222 g/mol. The van der Waals surface area contributed by atoms with Gasteiger partial charge in [-0.2, -0.15) is 0 Å². The molecule has 0 spiro atoms. The van der Waals surface area contributed by atoms with E-state index in [2.05, 4.69) is 37.1 Å². The lowest BCUT2D eigenvalue weighted by Gasteiger charge is -2.38. The molecule has 0 amide bonds. The Morgan fingerprint density at radius 1 is 1.39 bits per heavy atom. The first-order chi connectivity index (χ1) is 8.60. The zero-order valence-electron chi connectivity index (χ0n) is 11.7. The second kappa shape index (κ2) is 4.27. The molecule has 1 saturated heterocycles. The highest BCUT2D eigenvalue weighted by molar-refractivity contribution is 5.42. The second-order valence-electron chi connectivity index (χ2n) is 6.37. The zero-order chi connectivity index (χ0) is 12.8. The molecule has 2 bridgehead atoms. The molecule has 2 aliphatic rings. The first kappa shape index (κ1) is 12.0. The predicted molar refractivity (Wildman–Crippen MR) is 74.3 cm³/mol. The minimum Gasteiger partial charge on any atom is -0.497 e. The van der Waals surface area contributed by atoms with E-state index in [1.165, 1.54) is 37.9 Å². The number of likely N-dealkylation sites (tertiary alicyclic amines) is 1. The lowest BCUT2D eigenvalue weighted by Crippen LogP contribution is -2.32. The molecule has 0 aromatic heterocycles. The Labute approximate surface area is 110 Å². The standard InChI is InChI=1S/C16H23NO/c1-16-6-7-17(2)11-12(10-16)8-13-4-5-14(18-3)9-15(13)16/h4-5,9,12H,6-8,10-11H2,1-3H3/t12-,16-/m1/s1. The van der Waals surface area contributed by atoms with Crippen molar-refractivity contribution in [2.75, 3.05) is 27.2 Å². The third-order valence-corrected chi connectivity index (χ3v) is 4.83. The number of hydrogen-bond acceptors (Lipinski definition) is 2. The summed E-state index contributed by atoms with van der Waals surface area (Å²) in [6.45, 7) is 4.90. The van der Waals surface area contributed by atoms with E-state index in [-0.39, 0.29) is 0 Å². The Morgan fingerprint density at radius 3 is 3.00 bits per heavy atom. The first-order valence-electron chi connectivity index (χ1n) is 6.97. The Balaban J connectivity index is 2.05. The summed E-state index contributed by atoms with van der Waals surface area (Å²) in [4.78, 5) is 2.50. The monoisotopic (exact) mass is 245 g/mol. The molecule has 1 heterocycles. The molecule has 18 heavy (non-hydrogen) atoms. The molecule has 2 heteroatoms. The van der Waals surface area contributed by atoms with Crippen LogP contribution in [0.25, 0.3) is 0 Å². The van der Waals surface area contributed by atoms with Crippen LogP contribution in [-0.2, 0) is 11.8 Å². The van der Waals surface area contributed by atoms with Crippen LogP contribution in [0.3, 0.4) is 0 Å². The van der Waals surface area contributed by atoms with Gasteiger partial charge >= 0.3 is 0 Å². The SMILES string of the molecule is COc1ccc2c(c1)[C@]1(C)CCN(C)C[C@H](C2)C1. The number of fused-ring (bicyclic) bond motifs is 4. The van der Waals surface area contributed by atoms with Crippen molar-refractivity contribution in [3.63, 3.8) is 0 Å². The van der Waals surface area contributed by atoms with Gasteiger partial charge in [-0.3, -0.25) is 0 Å². The molecule has 0 saturated carbocycles. The maximum Gasteiger partial charge on any atom is 0.119 e. The van der Waals surface area contributed by atoms with E-state index in [1.54, 1.807) is 12.7 Å². The number of rotatable bonds is 1. The summed E-state index contributed by atoms with van der Waals surface area (Å²) in [5.41, 5.74) is 3.43. The maximum absolute atomic E-state index is 5.40. The van der Waals surface area contributed by atoms with Crippen LogP contribution in [0.5, 0.6) is 5.75 Å². The van der Waals surface area contributed by atoms with Crippen molar-refractivity contribution >= 4 is 0 Å². The fraction of sp³-hybridized carbons (Fsp3) is 0.625. The van der Waals surface area contributed by atoms with Crippen molar-refractivity contribution < 1.29 is 4.74 Å². The number of methoxy groups -OCH3 is 1. The van der Waals surface area contributed by atoms with Crippen molar-refractivity contribution in [3.8, 4) is 5.75 Å². The fourth-order valence-electron chi connectivity index (χ4n) is 3.89. The van der Waals surface area contributed by atoms with Crippen LogP contribution in [0.15, 0.2) is 18.2 Å². The van der Waals surface area contributed by atoms with E-state index < -0.39 is 0 Å². The van der Waals surface area contributed by atoms with Gasteiger partial charge in [0.15, 0.2) is 0 Å². The molecular formula is C16H23NO. The quantitative estimate of drug-likeness (QED) is 0.754. The number of ether oxygens (including phenoxy) is 1. The molecule has 0 radical (unpaired) electrons. The predicted octanol–water partition coefficient (Wildman–Crippen LogP) is 2.85. The van der Waals surface area contributed by atoms with Crippen LogP contribution in [0.4, 0.5) is 0 Å². The molecule has 1 aliphatic heterocycles. The topological polar surface area (TPSA) is 12.5 Å². The zero-order valence-corrected chi connectivity index (χ0v) is 11.7. The van der Waals surface area contributed by atoms with Crippen LogP contribution in [0.2, 0.25) is 0 Å². The minimum atomic E-state index is 0.345. The molecule has 98 valence electrons. The molecule has 1 aliphatic carbocycles. The van der Waals surface area contributed by atoms with Crippen LogP contribution in [0.1, 0.15) is 30.9 Å². The van der Waals surface area contributed by atoms with E-state index in [9.17, 15) is 0 Å². The molecule has 0 unspecified atom stereocenters. The van der Waals surface area contributed by atoms with Gasteiger partial charge in [0.05, 0.1) is 7.11 Å². The van der Waals surface area contributed by atoms with Crippen molar-refractivity contribution in [1.82, 2.24) is 4.90 Å². The van der Waals surface area contributed by atoms with Gasteiger partial charge in [-0.25, -0.2) is 0 Å². The third kappa shape index (κ3) is 1.93.